The third kappa shape index (κ3) is 3.37. The van der Waals surface area contributed by atoms with Crippen LogP contribution in [0.3, 0.4) is 0 Å². The topological polar surface area (TPSA) is 103 Å². The largest absolute Gasteiger partial charge is 0.370 e. The Morgan fingerprint density at radius 2 is 1.76 bits per heavy atom. The molecule has 1 rings (SSSR count). The Morgan fingerprint density at radius 1 is 1.18 bits per heavy atom. The van der Waals surface area contributed by atoms with Gasteiger partial charge in [0.25, 0.3) is 0 Å². The summed E-state index contributed by atoms with van der Waals surface area (Å²) in [6.07, 6.45) is 0. The molecule has 0 saturated heterocycles. The third-order valence-corrected chi connectivity index (χ3v) is 2.86. The van der Waals surface area contributed by atoms with E-state index < -0.39 is 11.6 Å². The quantitative estimate of drug-likeness (QED) is 0.303. The Labute approximate surface area is 112 Å². The highest BCUT2D eigenvalue weighted by Crippen LogP contribution is 2.35. The third-order valence-electron chi connectivity index (χ3n) is 1.56. The molecule has 0 amide bonds. The van der Waals surface area contributed by atoms with Crippen LogP contribution in [0, 0.1) is 11.6 Å². The molecule has 0 aliphatic rings. The number of hydrogen-bond donors (Lipinski definition) is 3. The minimum Gasteiger partial charge on any atom is -0.370 e. The number of halogens is 4. The van der Waals surface area contributed by atoms with Crippen molar-refractivity contribution in [3.8, 4) is 0 Å². The first-order valence-electron chi connectivity index (χ1n) is 4.09. The predicted octanol–water partition coefficient (Wildman–Crippen LogP) is 1.71. The Balaban J connectivity index is 3.34. The maximum atomic E-state index is 13.5. The molecule has 0 spiro atoms. The van der Waals surface area contributed by atoms with Crippen molar-refractivity contribution in [3.63, 3.8) is 0 Å². The standard InChI is InChI=1S/C8H7Br2F2N5/c9-2-1-3(11)6(4(10)5(2)12)16-8(15)17-7(13)14/h1H,(H6,13,14,15,16,17). The minimum absolute atomic E-state index is 0.0405. The Morgan fingerprint density at radius 3 is 2.29 bits per heavy atom. The van der Waals surface area contributed by atoms with Crippen molar-refractivity contribution >= 4 is 49.5 Å². The Kier molecular flexibility index (Phi) is 4.40. The average Bonchev–Trinajstić information content (AvgIpc) is 2.20. The fourth-order valence-electron chi connectivity index (χ4n) is 0.931. The van der Waals surface area contributed by atoms with Gasteiger partial charge in [-0.05, 0) is 37.9 Å². The number of guanidine groups is 2. The van der Waals surface area contributed by atoms with E-state index in [-0.39, 0.29) is 26.6 Å². The van der Waals surface area contributed by atoms with Gasteiger partial charge in [0.15, 0.2) is 17.6 Å². The molecular weight excluding hydrogens is 364 g/mol. The summed E-state index contributed by atoms with van der Waals surface area (Å²) in [7, 11) is 0. The molecule has 17 heavy (non-hydrogen) atoms. The van der Waals surface area contributed by atoms with Gasteiger partial charge in [-0.3, -0.25) is 0 Å². The van der Waals surface area contributed by atoms with Crippen LogP contribution >= 0.6 is 31.9 Å². The van der Waals surface area contributed by atoms with Gasteiger partial charge < -0.3 is 17.2 Å². The van der Waals surface area contributed by atoms with Crippen molar-refractivity contribution in [2.45, 2.75) is 0 Å². The summed E-state index contributed by atoms with van der Waals surface area (Å²) in [4.78, 5) is 6.95. The van der Waals surface area contributed by atoms with Crippen LogP contribution in [0.25, 0.3) is 0 Å². The highest BCUT2D eigenvalue weighted by Gasteiger charge is 2.15. The number of rotatable bonds is 1. The van der Waals surface area contributed by atoms with E-state index in [2.05, 4.69) is 41.8 Å². The maximum Gasteiger partial charge on any atom is 0.223 e. The smallest absolute Gasteiger partial charge is 0.223 e. The van der Waals surface area contributed by atoms with Gasteiger partial charge in [-0.25, -0.2) is 13.8 Å². The molecule has 0 radical (unpaired) electrons. The molecule has 92 valence electrons. The lowest BCUT2D eigenvalue weighted by Gasteiger charge is -2.04. The van der Waals surface area contributed by atoms with Gasteiger partial charge in [0.2, 0.25) is 5.96 Å². The molecule has 0 heterocycles. The number of nitrogens with two attached hydrogens (primary N) is 3. The molecule has 0 bridgehead atoms. The molecule has 0 atom stereocenters. The van der Waals surface area contributed by atoms with Crippen LogP contribution in [0.5, 0.6) is 0 Å². The van der Waals surface area contributed by atoms with Crippen LogP contribution in [0.4, 0.5) is 14.5 Å². The average molecular weight is 371 g/mol. The molecule has 0 fully saturated rings. The molecule has 1 aromatic rings. The van der Waals surface area contributed by atoms with Crippen molar-refractivity contribution in [2.75, 3.05) is 0 Å². The van der Waals surface area contributed by atoms with E-state index in [0.717, 1.165) is 6.07 Å². The van der Waals surface area contributed by atoms with Gasteiger partial charge in [0.1, 0.15) is 5.69 Å². The van der Waals surface area contributed by atoms with Crippen LogP contribution in [0.15, 0.2) is 25.0 Å². The van der Waals surface area contributed by atoms with Gasteiger partial charge in [0.05, 0.1) is 8.95 Å². The molecule has 1 aromatic carbocycles. The summed E-state index contributed by atoms with van der Waals surface area (Å²) in [5.41, 5.74) is 15.1. The fraction of sp³-hybridized carbons (Fsp3) is 0. The van der Waals surface area contributed by atoms with Crippen LogP contribution in [0.2, 0.25) is 0 Å². The van der Waals surface area contributed by atoms with Gasteiger partial charge in [-0.15, -0.1) is 0 Å². The van der Waals surface area contributed by atoms with Crippen LogP contribution in [-0.4, -0.2) is 11.9 Å². The maximum absolute atomic E-state index is 13.5. The highest BCUT2D eigenvalue weighted by molar-refractivity contribution is 9.11. The van der Waals surface area contributed by atoms with E-state index in [1.807, 2.05) is 0 Å². The summed E-state index contributed by atoms with van der Waals surface area (Å²) < 4.78 is 26.7. The lowest BCUT2D eigenvalue weighted by atomic mass is 10.3. The Hall–Kier alpha value is -1.22. The SMILES string of the molecule is NC(N)=NC(N)=Nc1c(F)cc(Br)c(F)c1Br. The van der Waals surface area contributed by atoms with E-state index in [1.54, 1.807) is 0 Å². The van der Waals surface area contributed by atoms with Gasteiger partial charge in [-0.2, -0.15) is 4.99 Å². The van der Waals surface area contributed by atoms with Crippen molar-refractivity contribution in [3.05, 3.63) is 26.6 Å². The van der Waals surface area contributed by atoms with Gasteiger partial charge >= 0.3 is 0 Å². The summed E-state index contributed by atoms with van der Waals surface area (Å²) in [5, 5.41) is 0. The van der Waals surface area contributed by atoms with Crippen molar-refractivity contribution < 1.29 is 8.78 Å². The second-order valence-electron chi connectivity index (χ2n) is 2.82. The molecule has 0 unspecified atom stereocenters. The highest BCUT2D eigenvalue weighted by atomic mass is 79.9. The first-order valence-corrected chi connectivity index (χ1v) is 5.68. The fourth-order valence-corrected chi connectivity index (χ4v) is 2.09. The monoisotopic (exact) mass is 369 g/mol. The molecule has 0 aromatic heterocycles. The summed E-state index contributed by atoms with van der Waals surface area (Å²) in [6, 6.07) is 0.918. The van der Waals surface area contributed by atoms with Crippen molar-refractivity contribution in [1.29, 1.82) is 0 Å². The zero-order valence-corrected chi connectivity index (χ0v) is 11.4. The predicted molar refractivity (Wildman–Crippen MR) is 68.9 cm³/mol. The molecule has 0 aliphatic carbocycles. The molecular formula is C8H7Br2F2N5. The van der Waals surface area contributed by atoms with Crippen LogP contribution in [0.1, 0.15) is 0 Å². The summed E-state index contributed by atoms with van der Waals surface area (Å²) in [5.74, 6) is -2.20. The van der Waals surface area contributed by atoms with Crippen molar-refractivity contribution in [2.24, 2.45) is 27.2 Å². The number of hydrogen-bond acceptors (Lipinski definition) is 1. The zero-order chi connectivity index (χ0) is 13.2. The van der Waals surface area contributed by atoms with E-state index in [1.165, 1.54) is 0 Å². The normalized spacial score (nSPS) is 11.4. The lowest BCUT2D eigenvalue weighted by Crippen LogP contribution is -2.26. The second-order valence-corrected chi connectivity index (χ2v) is 4.47. The molecule has 0 aliphatic heterocycles. The minimum atomic E-state index is -0.779. The molecule has 6 N–H and O–H groups in total. The zero-order valence-electron chi connectivity index (χ0n) is 8.22. The van der Waals surface area contributed by atoms with Crippen molar-refractivity contribution in [1.82, 2.24) is 0 Å². The summed E-state index contributed by atoms with van der Waals surface area (Å²) >= 11 is 5.70. The van der Waals surface area contributed by atoms with Gasteiger partial charge in [-0.1, -0.05) is 0 Å². The summed E-state index contributed by atoms with van der Waals surface area (Å²) in [6.45, 7) is 0. The first-order chi connectivity index (χ1) is 7.82. The Bertz CT molecular complexity index is 511. The number of aliphatic imine (C=N–C) groups is 2. The number of nitrogens with zero attached hydrogens (tertiary/aromatic N) is 2. The second kappa shape index (κ2) is 5.41. The molecule has 0 saturated carbocycles. The first kappa shape index (κ1) is 13.8. The van der Waals surface area contributed by atoms with Crippen LogP contribution in [-0.2, 0) is 0 Å². The molecule has 9 heteroatoms. The van der Waals surface area contributed by atoms with E-state index in [4.69, 9.17) is 17.2 Å². The van der Waals surface area contributed by atoms with E-state index in [0.29, 0.717) is 0 Å². The molecule has 5 nitrogen and oxygen atoms in total. The van der Waals surface area contributed by atoms with Crippen LogP contribution < -0.4 is 17.2 Å². The number of benzene rings is 1. The van der Waals surface area contributed by atoms with E-state index in [9.17, 15) is 8.78 Å². The lowest BCUT2D eigenvalue weighted by molar-refractivity contribution is 0.590. The van der Waals surface area contributed by atoms with Gasteiger partial charge in [0, 0.05) is 0 Å². The van der Waals surface area contributed by atoms with E-state index >= 15 is 0 Å².